The number of hydrogen-bond donors (Lipinski definition) is 1. The van der Waals surface area contributed by atoms with Crippen molar-refractivity contribution in [3.8, 4) is 0 Å². The molecule has 2 aromatic carbocycles. The number of nitrogens with zero attached hydrogens (tertiary/aromatic N) is 2. The lowest BCUT2D eigenvalue weighted by Gasteiger charge is -2.25. The summed E-state index contributed by atoms with van der Waals surface area (Å²) < 4.78 is 50.9. The van der Waals surface area contributed by atoms with Gasteiger partial charge < -0.3 is 15.1 Å². The van der Waals surface area contributed by atoms with Crippen molar-refractivity contribution >= 4 is 6.03 Å². The van der Waals surface area contributed by atoms with E-state index in [4.69, 9.17) is 0 Å². The third-order valence-electron chi connectivity index (χ3n) is 4.36. The van der Waals surface area contributed by atoms with Gasteiger partial charge >= 0.3 is 12.2 Å². The van der Waals surface area contributed by atoms with Crippen molar-refractivity contribution in [2.75, 3.05) is 33.7 Å². The van der Waals surface area contributed by atoms with Crippen molar-refractivity contribution < 1.29 is 22.4 Å². The fourth-order valence-electron chi connectivity index (χ4n) is 2.67. The molecular formula is C21H25F4N3O. The van der Waals surface area contributed by atoms with E-state index >= 15 is 0 Å². The van der Waals surface area contributed by atoms with Gasteiger partial charge in [-0.25, -0.2) is 9.18 Å². The average molecular weight is 411 g/mol. The third-order valence-corrected chi connectivity index (χ3v) is 4.36. The Labute approximate surface area is 168 Å². The first-order valence-corrected chi connectivity index (χ1v) is 9.23. The zero-order chi connectivity index (χ0) is 21.4. The van der Waals surface area contributed by atoms with Crippen molar-refractivity contribution in [2.24, 2.45) is 0 Å². The lowest BCUT2D eigenvalue weighted by atomic mass is 10.1. The molecule has 2 aromatic rings. The number of benzene rings is 2. The second-order valence-electron chi connectivity index (χ2n) is 7.03. The van der Waals surface area contributed by atoms with Crippen LogP contribution in [0.1, 0.15) is 16.7 Å². The van der Waals surface area contributed by atoms with Gasteiger partial charge in [-0.2, -0.15) is 13.2 Å². The number of nitrogens with one attached hydrogen (secondary N) is 1. The summed E-state index contributed by atoms with van der Waals surface area (Å²) in [6.07, 6.45) is -3.94. The summed E-state index contributed by atoms with van der Waals surface area (Å²) in [6.45, 7) is 1.77. The molecule has 8 heteroatoms. The number of carbonyl (C=O) groups excluding carboxylic acids is 1. The van der Waals surface area contributed by atoms with Crippen LogP contribution in [0.25, 0.3) is 0 Å². The normalized spacial score (nSPS) is 11.6. The van der Waals surface area contributed by atoms with Gasteiger partial charge in [0.2, 0.25) is 0 Å². The molecule has 0 saturated heterocycles. The number of hydrogen-bond acceptors (Lipinski definition) is 2. The number of urea groups is 1. The molecule has 0 aliphatic heterocycles. The molecule has 0 saturated carbocycles. The van der Waals surface area contributed by atoms with Gasteiger partial charge in [0.25, 0.3) is 0 Å². The second kappa shape index (κ2) is 10.2. The summed E-state index contributed by atoms with van der Waals surface area (Å²) in [6, 6.07) is 10.6. The van der Waals surface area contributed by atoms with Crippen LogP contribution >= 0.6 is 0 Å². The maximum absolute atomic E-state index is 13.1. The van der Waals surface area contributed by atoms with Crippen LogP contribution in [0.4, 0.5) is 22.4 Å². The highest BCUT2D eigenvalue weighted by Crippen LogP contribution is 2.29. The highest BCUT2D eigenvalue weighted by molar-refractivity contribution is 5.74. The molecule has 4 nitrogen and oxygen atoms in total. The molecule has 1 N–H and O–H groups in total. The molecule has 0 bridgehead atoms. The molecule has 2 amide bonds. The van der Waals surface area contributed by atoms with Gasteiger partial charge in [0.15, 0.2) is 0 Å². The number of carbonyl (C=O) groups is 1. The zero-order valence-corrected chi connectivity index (χ0v) is 16.5. The minimum absolute atomic E-state index is 0.275. The Morgan fingerprint density at radius 2 is 1.52 bits per heavy atom. The van der Waals surface area contributed by atoms with Crippen LogP contribution < -0.4 is 5.32 Å². The predicted molar refractivity (Wildman–Crippen MR) is 104 cm³/mol. The van der Waals surface area contributed by atoms with E-state index in [1.807, 2.05) is 19.0 Å². The first-order valence-electron chi connectivity index (χ1n) is 9.23. The number of amides is 2. The van der Waals surface area contributed by atoms with Crippen LogP contribution in [0.2, 0.25) is 0 Å². The van der Waals surface area contributed by atoms with Gasteiger partial charge in [-0.15, -0.1) is 0 Å². The third kappa shape index (κ3) is 7.73. The van der Waals surface area contributed by atoms with Gasteiger partial charge in [0.05, 0.1) is 5.56 Å². The fraction of sp³-hybridized carbons (Fsp3) is 0.381. The Morgan fingerprint density at radius 3 is 2.07 bits per heavy atom. The largest absolute Gasteiger partial charge is 0.416 e. The smallest absolute Gasteiger partial charge is 0.338 e. The van der Waals surface area contributed by atoms with Crippen LogP contribution in [-0.2, 0) is 19.1 Å². The number of alkyl halides is 3. The Bertz CT molecular complexity index is 774. The van der Waals surface area contributed by atoms with E-state index in [1.165, 1.54) is 24.3 Å². The molecule has 0 aromatic heterocycles. The summed E-state index contributed by atoms with van der Waals surface area (Å²) in [5.74, 6) is -0.338. The molecule has 2 rings (SSSR count). The summed E-state index contributed by atoms with van der Waals surface area (Å²) in [5.41, 5.74) is 0.819. The van der Waals surface area contributed by atoms with E-state index in [9.17, 15) is 22.4 Å². The van der Waals surface area contributed by atoms with Crippen molar-refractivity contribution in [1.82, 2.24) is 15.1 Å². The monoisotopic (exact) mass is 411 g/mol. The van der Waals surface area contributed by atoms with Gasteiger partial charge in [-0.1, -0.05) is 24.3 Å². The summed E-state index contributed by atoms with van der Waals surface area (Å²) in [7, 11) is 3.80. The van der Waals surface area contributed by atoms with Gasteiger partial charge in [0, 0.05) is 26.2 Å². The standard InChI is InChI=1S/C21H25F4N3O/c1-27(2)13-14-28(15-17-5-9-19(22)10-6-17)20(29)26-12-11-16-3-7-18(8-4-16)21(23,24)25/h3-10H,11-15H2,1-2H3,(H,26,29). The molecular weight excluding hydrogens is 386 g/mol. The number of likely N-dealkylation sites (N-methyl/N-ethyl adjacent to an activating group) is 1. The molecule has 29 heavy (non-hydrogen) atoms. The van der Waals surface area contributed by atoms with Crippen LogP contribution in [0.5, 0.6) is 0 Å². The molecule has 0 fully saturated rings. The summed E-state index contributed by atoms with van der Waals surface area (Å²) in [4.78, 5) is 16.2. The van der Waals surface area contributed by atoms with Crippen LogP contribution in [0, 0.1) is 5.82 Å². The summed E-state index contributed by atoms with van der Waals surface area (Å²) in [5, 5.41) is 2.80. The SMILES string of the molecule is CN(C)CCN(Cc1ccc(F)cc1)C(=O)NCCc1ccc(C(F)(F)F)cc1. The molecule has 0 aliphatic rings. The molecule has 0 radical (unpaired) electrons. The maximum atomic E-state index is 13.1. The topological polar surface area (TPSA) is 35.6 Å². The average Bonchev–Trinajstić information content (AvgIpc) is 2.66. The molecule has 158 valence electrons. The van der Waals surface area contributed by atoms with Crippen molar-refractivity contribution in [1.29, 1.82) is 0 Å². The first kappa shape index (κ1) is 22.7. The lowest BCUT2D eigenvalue weighted by Crippen LogP contribution is -2.43. The Kier molecular flexibility index (Phi) is 8.01. The minimum Gasteiger partial charge on any atom is -0.338 e. The van der Waals surface area contributed by atoms with Gasteiger partial charge in [-0.05, 0) is 55.9 Å². The summed E-state index contributed by atoms with van der Waals surface area (Å²) >= 11 is 0. The molecule has 0 heterocycles. The molecule has 0 atom stereocenters. The molecule has 0 aliphatic carbocycles. The maximum Gasteiger partial charge on any atom is 0.416 e. The second-order valence-corrected chi connectivity index (χ2v) is 7.03. The number of rotatable bonds is 8. The van der Waals surface area contributed by atoms with E-state index in [0.717, 1.165) is 17.7 Å². The highest BCUT2D eigenvalue weighted by Gasteiger charge is 2.29. The van der Waals surface area contributed by atoms with E-state index in [0.29, 0.717) is 38.2 Å². The quantitative estimate of drug-likeness (QED) is 0.662. The Hall–Kier alpha value is -2.61. The predicted octanol–water partition coefficient (Wildman–Crippen LogP) is 4.16. The molecule has 0 unspecified atom stereocenters. The molecule has 0 spiro atoms. The van der Waals surface area contributed by atoms with E-state index in [-0.39, 0.29) is 11.8 Å². The van der Waals surface area contributed by atoms with E-state index in [2.05, 4.69) is 5.32 Å². The Balaban J connectivity index is 1.91. The fourth-order valence-corrected chi connectivity index (χ4v) is 2.67. The van der Waals surface area contributed by atoms with Crippen molar-refractivity contribution in [2.45, 2.75) is 19.1 Å². The Morgan fingerprint density at radius 1 is 0.931 bits per heavy atom. The highest BCUT2D eigenvalue weighted by atomic mass is 19.4. The van der Waals surface area contributed by atoms with E-state index < -0.39 is 11.7 Å². The van der Waals surface area contributed by atoms with E-state index in [1.54, 1.807) is 17.0 Å². The van der Waals surface area contributed by atoms with Crippen molar-refractivity contribution in [3.05, 3.63) is 71.0 Å². The van der Waals surface area contributed by atoms with Crippen molar-refractivity contribution in [3.63, 3.8) is 0 Å². The number of halogens is 4. The van der Waals surface area contributed by atoms with Gasteiger partial charge in [0.1, 0.15) is 5.82 Å². The zero-order valence-electron chi connectivity index (χ0n) is 16.5. The van der Waals surface area contributed by atoms with Crippen LogP contribution in [-0.4, -0.2) is 49.6 Å². The van der Waals surface area contributed by atoms with Gasteiger partial charge in [-0.3, -0.25) is 0 Å². The van der Waals surface area contributed by atoms with Crippen LogP contribution in [0.3, 0.4) is 0 Å². The lowest BCUT2D eigenvalue weighted by molar-refractivity contribution is -0.137. The van der Waals surface area contributed by atoms with Crippen LogP contribution in [0.15, 0.2) is 48.5 Å². The first-order chi connectivity index (χ1) is 13.6. The minimum atomic E-state index is -4.36.